The van der Waals surface area contributed by atoms with Crippen LogP contribution < -0.4 is 10.7 Å². The number of rotatable bonds is 2. The molecule has 1 aromatic carbocycles. The van der Waals surface area contributed by atoms with Crippen LogP contribution in [-0.2, 0) is 7.05 Å². The molecular weight excluding hydrogens is 304 g/mol. The van der Waals surface area contributed by atoms with Gasteiger partial charge in [-0.3, -0.25) is 14.3 Å². The molecule has 0 fully saturated rings. The lowest BCUT2D eigenvalue weighted by atomic mass is 10.2. The van der Waals surface area contributed by atoms with Gasteiger partial charge in [0.25, 0.3) is 5.91 Å². The lowest BCUT2D eigenvalue weighted by Crippen LogP contribution is -2.26. The van der Waals surface area contributed by atoms with E-state index >= 15 is 0 Å². The summed E-state index contributed by atoms with van der Waals surface area (Å²) in [4.78, 5) is 28.6. The number of hydrogen-bond acceptors (Lipinski definition) is 4. The highest BCUT2D eigenvalue weighted by Crippen LogP contribution is 2.11. The number of fused-ring (bicyclic) bond motifs is 1. The SMILES string of the molecule is Cn1nc(C(=O)Nc2ccc(Cl)cn2)c(=O)c2ccccc21. The highest BCUT2D eigenvalue weighted by atomic mass is 35.5. The summed E-state index contributed by atoms with van der Waals surface area (Å²) in [5, 5.41) is 7.48. The monoisotopic (exact) mass is 314 g/mol. The second kappa shape index (κ2) is 5.57. The highest BCUT2D eigenvalue weighted by Gasteiger charge is 2.16. The van der Waals surface area contributed by atoms with Crippen LogP contribution in [0.4, 0.5) is 5.82 Å². The molecule has 0 aliphatic rings. The summed E-state index contributed by atoms with van der Waals surface area (Å²) in [6.07, 6.45) is 1.41. The van der Waals surface area contributed by atoms with Gasteiger partial charge in [-0.05, 0) is 24.3 Å². The molecule has 0 bridgehead atoms. The number of nitrogens with zero attached hydrogens (tertiary/aromatic N) is 3. The highest BCUT2D eigenvalue weighted by molar-refractivity contribution is 6.30. The summed E-state index contributed by atoms with van der Waals surface area (Å²) < 4.78 is 1.50. The number of anilines is 1. The Morgan fingerprint density at radius 1 is 1.23 bits per heavy atom. The lowest BCUT2D eigenvalue weighted by molar-refractivity contribution is 0.101. The average molecular weight is 315 g/mol. The molecule has 3 rings (SSSR count). The van der Waals surface area contributed by atoms with Gasteiger partial charge in [0.15, 0.2) is 5.69 Å². The van der Waals surface area contributed by atoms with Crippen molar-refractivity contribution in [3.8, 4) is 0 Å². The second-order valence-corrected chi connectivity index (χ2v) is 5.07. The van der Waals surface area contributed by atoms with Crippen LogP contribution in [0.3, 0.4) is 0 Å². The van der Waals surface area contributed by atoms with Crippen LogP contribution in [0.15, 0.2) is 47.4 Å². The molecule has 2 heterocycles. The van der Waals surface area contributed by atoms with Crippen LogP contribution in [0.5, 0.6) is 0 Å². The first-order valence-electron chi connectivity index (χ1n) is 6.45. The Hall–Kier alpha value is -2.73. The van der Waals surface area contributed by atoms with Crippen LogP contribution in [-0.4, -0.2) is 20.7 Å². The first-order chi connectivity index (χ1) is 10.6. The summed E-state index contributed by atoms with van der Waals surface area (Å²) in [6, 6.07) is 10.1. The molecule has 110 valence electrons. The predicted molar refractivity (Wildman–Crippen MR) is 84.2 cm³/mol. The molecule has 0 aliphatic heterocycles. The number of aryl methyl sites for hydroxylation is 1. The number of benzene rings is 1. The maximum atomic E-state index is 12.4. The number of para-hydroxylation sites is 1. The van der Waals surface area contributed by atoms with Crippen LogP contribution in [0.1, 0.15) is 10.5 Å². The van der Waals surface area contributed by atoms with Gasteiger partial charge in [-0.25, -0.2) is 4.98 Å². The van der Waals surface area contributed by atoms with Crippen molar-refractivity contribution in [1.82, 2.24) is 14.8 Å². The van der Waals surface area contributed by atoms with Crippen molar-refractivity contribution in [3.05, 3.63) is 63.5 Å². The number of carbonyl (C=O) groups excluding carboxylic acids is 1. The molecule has 22 heavy (non-hydrogen) atoms. The number of hydrogen-bond donors (Lipinski definition) is 1. The summed E-state index contributed by atoms with van der Waals surface area (Å²) in [5.74, 6) is -0.312. The van der Waals surface area contributed by atoms with Crippen molar-refractivity contribution in [2.45, 2.75) is 0 Å². The largest absolute Gasteiger partial charge is 0.305 e. The summed E-state index contributed by atoms with van der Waals surface area (Å²) >= 11 is 5.74. The van der Waals surface area contributed by atoms with Gasteiger partial charge in [0.2, 0.25) is 5.43 Å². The molecule has 6 nitrogen and oxygen atoms in total. The number of nitrogens with one attached hydrogen (secondary N) is 1. The molecule has 0 saturated heterocycles. The van der Waals surface area contributed by atoms with Crippen molar-refractivity contribution in [3.63, 3.8) is 0 Å². The summed E-state index contributed by atoms with van der Waals surface area (Å²) in [6.45, 7) is 0. The Labute approximate surface area is 130 Å². The number of aromatic nitrogens is 3. The Balaban J connectivity index is 2.02. The van der Waals surface area contributed by atoms with E-state index in [4.69, 9.17) is 11.6 Å². The molecule has 2 aromatic heterocycles. The molecule has 1 amide bonds. The minimum Gasteiger partial charge on any atom is -0.305 e. The van der Waals surface area contributed by atoms with E-state index in [0.717, 1.165) is 0 Å². The normalized spacial score (nSPS) is 10.6. The van der Waals surface area contributed by atoms with Gasteiger partial charge >= 0.3 is 0 Å². The summed E-state index contributed by atoms with van der Waals surface area (Å²) in [5.41, 5.74) is 0.0618. The smallest absolute Gasteiger partial charge is 0.281 e. The molecule has 0 aliphatic carbocycles. The first-order valence-corrected chi connectivity index (χ1v) is 6.83. The van der Waals surface area contributed by atoms with E-state index in [1.165, 1.54) is 10.9 Å². The first kappa shape index (κ1) is 14.2. The molecule has 7 heteroatoms. The van der Waals surface area contributed by atoms with Gasteiger partial charge in [-0.15, -0.1) is 0 Å². The maximum Gasteiger partial charge on any atom is 0.281 e. The van der Waals surface area contributed by atoms with E-state index in [1.807, 2.05) is 0 Å². The third-order valence-electron chi connectivity index (χ3n) is 3.15. The van der Waals surface area contributed by atoms with E-state index in [9.17, 15) is 9.59 Å². The van der Waals surface area contributed by atoms with E-state index in [0.29, 0.717) is 21.7 Å². The van der Waals surface area contributed by atoms with Crippen molar-refractivity contribution < 1.29 is 4.79 Å². The minimum atomic E-state index is -0.610. The van der Waals surface area contributed by atoms with E-state index in [2.05, 4.69) is 15.4 Å². The van der Waals surface area contributed by atoms with Gasteiger partial charge in [-0.1, -0.05) is 23.7 Å². The van der Waals surface area contributed by atoms with Gasteiger partial charge in [0.05, 0.1) is 10.5 Å². The fourth-order valence-corrected chi connectivity index (χ4v) is 2.21. The quantitative estimate of drug-likeness (QED) is 0.787. The number of carbonyl (C=O) groups is 1. The molecule has 0 saturated carbocycles. The van der Waals surface area contributed by atoms with Crippen LogP contribution >= 0.6 is 11.6 Å². The van der Waals surface area contributed by atoms with Crippen molar-refractivity contribution in [1.29, 1.82) is 0 Å². The van der Waals surface area contributed by atoms with E-state index in [-0.39, 0.29) is 5.69 Å². The van der Waals surface area contributed by atoms with Crippen molar-refractivity contribution in [2.75, 3.05) is 5.32 Å². The van der Waals surface area contributed by atoms with Crippen LogP contribution in [0.25, 0.3) is 10.9 Å². The Morgan fingerprint density at radius 2 is 2.00 bits per heavy atom. The van der Waals surface area contributed by atoms with Gasteiger partial charge in [-0.2, -0.15) is 5.10 Å². The summed E-state index contributed by atoms with van der Waals surface area (Å²) in [7, 11) is 1.68. The third-order valence-corrected chi connectivity index (χ3v) is 3.37. The van der Waals surface area contributed by atoms with E-state index in [1.54, 1.807) is 43.4 Å². The third kappa shape index (κ3) is 2.56. The zero-order valence-corrected chi connectivity index (χ0v) is 12.3. The van der Waals surface area contributed by atoms with Crippen LogP contribution in [0, 0.1) is 0 Å². The number of halogens is 1. The Bertz CT molecular complexity index is 919. The zero-order chi connectivity index (χ0) is 15.7. The van der Waals surface area contributed by atoms with Gasteiger partial charge < -0.3 is 5.32 Å². The number of pyridine rings is 1. The molecule has 1 N–H and O–H groups in total. The number of amides is 1. The predicted octanol–water partition coefficient (Wildman–Crippen LogP) is 2.23. The van der Waals surface area contributed by atoms with Gasteiger partial charge in [0.1, 0.15) is 5.82 Å². The standard InChI is InChI=1S/C15H11ClN4O2/c1-20-11-5-3-2-4-10(11)14(21)13(19-20)15(22)18-12-7-6-9(16)8-17-12/h2-8H,1H3,(H,17,18,22). The minimum absolute atomic E-state index is 0.182. The lowest BCUT2D eigenvalue weighted by Gasteiger charge is -2.08. The zero-order valence-electron chi connectivity index (χ0n) is 11.6. The maximum absolute atomic E-state index is 12.4. The average Bonchev–Trinajstić information content (AvgIpc) is 2.53. The molecule has 0 unspecified atom stereocenters. The molecule has 3 aromatic rings. The van der Waals surface area contributed by atoms with Crippen molar-refractivity contribution in [2.24, 2.45) is 7.05 Å². The fraction of sp³-hybridized carbons (Fsp3) is 0.0667. The Kier molecular flexibility index (Phi) is 3.60. The van der Waals surface area contributed by atoms with Crippen molar-refractivity contribution >= 4 is 34.2 Å². The molecule has 0 radical (unpaired) electrons. The molecular formula is C15H11ClN4O2. The Morgan fingerprint density at radius 3 is 2.73 bits per heavy atom. The fourth-order valence-electron chi connectivity index (χ4n) is 2.10. The molecule has 0 spiro atoms. The van der Waals surface area contributed by atoms with Gasteiger partial charge in [0, 0.05) is 18.6 Å². The van der Waals surface area contributed by atoms with E-state index < -0.39 is 11.3 Å². The van der Waals surface area contributed by atoms with Crippen LogP contribution in [0.2, 0.25) is 5.02 Å². The second-order valence-electron chi connectivity index (χ2n) is 4.63. The topological polar surface area (TPSA) is 76.9 Å². The molecule has 0 atom stereocenters.